The van der Waals surface area contributed by atoms with Gasteiger partial charge in [0.15, 0.2) is 0 Å². The van der Waals surface area contributed by atoms with E-state index in [0.29, 0.717) is 5.92 Å². The molecule has 0 saturated carbocycles. The van der Waals surface area contributed by atoms with Crippen molar-refractivity contribution in [3.8, 4) is 0 Å². The van der Waals surface area contributed by atoms with Crippen LogP contribution in [0.4, 0.5) is 0 Å². The van der Waals surface area contributed by atoms with E-state index in [-0.39, 0.29) is 5.60 Å². The van der Waals surface area contributed by atoms with Gasteiger partial charge in [0.1, 0.15) is 0 Å². The van der Waals surface area contributed by atoms with Gasteiger partial charge in [-0.2, -0.15) is 0 Å². The molecule has 11 heavy (non-hydrogen) atoms. The maximum atomic E-state index is 5.51. The van der Waals surface area contributed by atoms with E-state index in [1.165, 1.54) is 0 Å². The Kier molecular flexibility index (Phi) is 5.13. The second-order valence-corrected chi connectivity index (χ2v) is 4.66. The van der Waals surface area contributed by atoms with E-state index < -0.39 is 0 Å². The van der Waals surface area contributed by atoms with E-state index >= 15 is 0 Å². The Morgan fingerprint density at radius 2 is 1.91 bits per heavy atom. The third-order valence-corrected chi connectivity index (χ3v) is 4.13. The van der Waals surface area contributed by atoms with Crippen LogP contribution < -0.4 is 0 Å². The fourth-order valence-electron chi connectivity index (χ4n) is 0.868. The number of rotatable bonds is 4. The van der Waals surface area contributed by atoms with Crippen LogP contribution in [0.5, 0.6) is 0 Å². The van der Waals surface area contributed by atoms with E-state index in [1.54, 1.807) is 0 Å². The first-order valence-corrected chi connectivity index (χ1v) is 5.48. The second kappa shape index (κ2) is 4.77. The van der Waals surface area contributed by atoms with Crippen LogP contribution in [0.15, 0.2) is 0 Å². The average Bonchev–Trinajstić information content (AvgIpc) is 1.86. The topological polar surface area (TPSA) is 12.5 Å². The molecular weight excluding hydrogens is 333 g/mol. The standard InChI is InChI=1S/C8H18NO.Pb/c1-7(6-9(4)5)8(2,3)10;/h7H,6H2,1-5H3;/q-1;+1. The molecule has 2 nitrogen and oxygen atoms in total. The van der Waals surface area contributed by atoms with Gasteiger partial charge in [-0.1, -0.05) is 0 Å². The van der Waals surface area contributed by atoms with Crippen molar-refractivity contribution < 1.29 is 2.69 Å². The summed E-state index contributed by atoms with van der Waals surface area (Å²) >= 11 is 0.827. The number of hydrogen-bond acceptors (Lipinski definition) is 2. The summed E-state index contributed by atoms with van der Waals surface area (Å²) in [4.78, 5) is 2.20. The van der Waals surface area contributed by atoms with Crippen molar-refractivity contribution in [1.29, 1.82) is 0 Å². The molecular formula is C8H18NOPb. The molecule has 1 atom stereocenters. The zero-order chi connectivity index (χ0) is 9.07. The number of hydrogen-bond donors (Lipinski definition) is 0. The monoisotopic (exact) mass is 352 g/mol. The van der Waals surface area contributed by atoms with Crippen LogP contribution in [0.3, 0.4) is 0 Å². The molecule has 3 heteroatoms. The average molecular weight is 351 g/mol. The van der Waals surface area contributed by atoms with Crippen molar-refractivity contribution >= 4 is 26.2 Å². The first-order valence-electron chi connectivity index (χ1n) is 3.89. The molecule has 1 unspecified atom stereocenters. The summed E-state index contributed by atoms with van der Waals surface area (Å²) in [5.74, 6) is 0.593. The predicted molar refractivity (Wildman–Crippen MR) is 48.6 cm³/mol. The van der Waals surface area contributed by atoms with Crippen LogP contribution in [0.2, 0.25) is 0 Å². The summed E-state index contributed by atoms with van der Waals surface area (Å²) in [6.45, 7) is 7.65. The summed E-state index contributed by atoms with van der Waals surface area (Å²) < 4.78 is 5.51. The predicted octanol–water partition coefficient (Wildman–Crippen LogP) is 1.06. The molecule has 0 aromatic rings. The molecule has 0 spiro atoms. The molecule has 0 amide bonds. The molecule has 0 rings (SSSR count). The molecule has 0 aliphatic carbocycles. The molecule has 65 valence electrons. The Morgan fingerprint density at radius 3 is 2.18 bits per heavy atom. The molecule has 0 fully saturated rings. The third kappa shape index (κ3) is 4.42. The Bertz CT molecular complexity index is 115. The molecule has 0 bridgehead atoms. The normalized spacial score (nSPS) is 15.5. The zero-order valence-electron chi connectivity index (χ0n) is 8.14. The van der Waals surface area contributed by atoms with Gasteiger partial charge >= 0.3 is 86.7 Å². The van der Waals surface area contributed by atoms with Gasteiger partial charge in [0.25, 0.3) is 0 Å². The van der Waals surface area contributed by atoms with Gasteiger partial charge in [0.05, 0.1) is 0 Å². The maximum absolute atomic E-state index is 5.51. The molecule has 0 aliphatic heterocycles. The summed E-state index contributed by atoms with van der Waals surface area (Å²) in [6.07, 6.45) is 0. The Labute approximate surface area is 86.6 Å². The van der Waals surface area contributed by atoms with Gasteiger partial charge in [-0.3, -0.25) is 0 Å². The van der Waals surface area contributed by atoms with Crippen molar-refractivity contribution in [1.82, 2.24) is 4.90 Å². The van der Waals surface area contributed by atoms with E-state index in [0.717, 1.165) is 32.8 Å². The van der Waals surface area contributed by atoms with Crippen molar-refractivity contribution in [2.24, 2.45) is 5.92 Å². The van der Waals surface area contributed by atoms with E-state index in [9.17, 15) is 0 Å². The summed E-state index contributed by atoms with van der Waals surface area (Å²) in [5, 5.41) is 0. The van der Waals surface area contributed by atoms with Gasteiger partial charge in [-0.05, 0) is 0 Å². The Morgan fingerprint density at radius 1 is 1.45 bits per heavy atom. The van der Waals surface area contributed by atoms with Crippen LogP contribution in [0.1, 0.15) is 20.8 Å². The summed E-state index contributed by atoms with van der Waals surface area (Å²) in [7, 11) is 4.19. The van der Waals surface area contributed by atoms with Crippen LogP contribution in [0, 0.1) is 5.92 Å². The van der Waals surface area contributed by atoms with Gasteiger partial charge in [0, 0.05) is 0 Å². The van der Waals surface area contributed by atoms with Gasteiger partial charge in [-0.25, -0.2) is 0 Å². The quantitative estimate of drug-likeness (QED) is 0.703. The van der Waals surface area contributed by atoms with Gasteiger partial charge in [-0.15, -0.1) is 0 Å². The molecule has 0 N–H and O–H groups in total. The summed E-state index contributed by atoms with van der Waals surface area (Å²) in [5.41, 5.74) is 0.0521. The molecule has 0 saturated heterocycles. The molecule has 3 radical (unpaired) electrons. The SMILES string of the molecule is CC(CN(C)C)C(C)(C)[O][Pb]. The molecule has 0 heterocycles. The number of nitrogens with zero attached hydrogens (tertiary/aromatic N) is 1. The Balaban J connectivity index is 3.90. The fraction of sp³-hybridized carbons (Fsp3) is 1.00. The van der Waals surface area contributed by atoms with Crippen molar-refractivity contribution in [2.75, 3.05) is 20.6 Å². The van der Waals surface area contributed by atoms with Crippen molar-refractivity contribution in [3.05, 3.63) is 0 Å². The first kappa shape index (κ1) is 11.8. The van der Waals surface area contributed by atoms with Crippen LogP contribution >= 0.6 is 0 Å². The zero-order valence-corrected chi connectivity index (χ0v) is 12.0. The third-order valence-electron chi connectivity index (χ3n) is 2.09. The van der Waals surface area contributed by atoms with E-state index in [4.69, 9.17) is 2.69 Å². The van der Waals surface area contributed by atoms with Crippen molar-refractivity contribution in [3.63, 3.8) is 0 Å². The van der Waals surface area contributed by atoms with Crippen LogP contribution in [-0.4, -0.2) is 57.4 Å². The van der Waals surface area contributed by atoms with Crippen LogP contribution in [0.25, 0.3) is 0 Å². The van der Waals surface area contributed by atoms with Crippen molar-refractivity contribution in [2.45, 2.75) is 26.4 Å². The molecule has 0 aromatic carbocycles. The second-order valence-electron chi connectivity index (χ2n) is 3.87. The van der Waals surface area contributed by atoms with E-state index in [2.05, 4.69) is 39.8 Å². The van der Waals surface area contributed by atoms with E-state index in [1.807, 2.05) is 0 Å². The molecule has 0 aliphatic rings. The first-order chi connectivity index (χ1) is 4.90. The van der Waals surface area contributed by atoms with Crippen LogP contribution in [-0.2, 0) is 2.69 Å². The molecule has 0 aromatic heterocycles. The van der Waals surface area contributed by atoms with Gasteiger partial charge in [0.2, 0.25) is 0 Å². The Hall–Kier alpha value is 0.842. The minimum atomic E-state index is 0.0521. The summed E-state index contributed by atoms with van der Waals surface area (Å²) in [6, 6.07) is 0. The minimum absolute atomic E-state index is 0.0521. The van der Waals surface area contributed by atoms with Gasteiger partial charge < -0.3 is 0 Å². The fourth-order valence-corrected chi connectivity index (χ4v) is 1.65.